The summed E-state index contributed by atoms with van der Waals surface area (Å²) in [6.45, 7) is 3.51. The smallest absolute Gasteiger partial charge is 0.393 e. The van der Waals surface area contributed by atoms with Crippen LogP contribution < -0.4 is 5.73 Å². The molecule has 1 aliphatic rings. The molecule has 1 aliphatic heterocycles. The van der Waals surface area contributed by atoms with Gasteiger partial charge in [-0.1, -0.05) is 30.0 Å². The summed E-state index contributed by atoms with van der Waals surface area (Å²) in [5.41, 5.74) is 5.25. The minimum absolute atomic E-state index is 0.140. The number of hydrogen-bond acceptors (Lipinski definition) is 3. The lowest BCUT2D eigenvalue weighted by Gasteiger charge is -2.09. The molecule has 0 fully saturated rings. The minimum atomic E-state index is -4.45. The Morgan fingerprint density at radius 2 is 2.05 bits per heavy atom. The van der Waals surface area contributed by atoms with E-state index in [-0.39, 0.29) is 21.9 Å². The molecular weight excluding hydrogens is 275 g/mol. The average Bonchev–Trinajstić information content (AvgIpc) is 2.63. The van der Waals surface area contributed by atoms with Gasteiger partial charge in [0.15, 0.2) is 5.78 Å². The fourth-order valence-electron chi connectivity index (χ4n) is 1.80. The molecule has 0 bridgehead atoms. The van der Waals surface area contributed by atoms with Gasteiger partial charge in [0.05, 0.1) is 21.4 Å². The van der Waals surface area contributed by atoms with Crippen LogP contribution in [0, 0.1) is 0 Å². The second kappa shape index (κ2) is 4.77. The SMILES string of the molecule is C=CC1SC(N)=C(c2cccc(C(F)(F)F)c2)C1=O. The Labute approximate surface area is 112 Å². The van der Waals surface area contributed by atoms with Gasteiger partial charge >= 0.3 is 6.18 Å². The quantitative estimate of drug-likeness (QED) is 0.849. The fraction of sp³-hybridized carbons (Fsp3) is 0.154. The number of ketones is 1. The van der Waals surface area contributed by atoms with Crippen LogP contribution in [0.4, 0.5) is 13.2 Å². The number of allylic oxidation sites excluding steroid dienone is 1. The van der Waals surface area contributed by atoms with E-state index in [0.29, 0.717) is 0 Å². The number of Topliss-reactive ketones (excluding diaryl/α,β-unsaturated/α-hetero) is 1. The van der Waals surface area contributed by atoms with Crippen molar-refractivity contribution in [2.24, 2.45) is 5.73 Å². The van der Waals surface area contributed by atoms with Crippen molar-refractivity contribution >= 4 is 23.1 Å². The molecule has 100 valence electrons. The van der Waals surface area contributed by atoms with Crippen molar-refractivity contribution in [3.05, 3.63) is 53.1 Å². The highest BCUT2D eigenvalue weighted by Gasteiger charge is 2.34. The second-order valence-corrected chi connectivity index (χ2v) is 5.14. The fourth-order valence-corrected chi connectivity index (χ4v) is 2.73. The van der Waals surface area contributed by atoms with Gasteiger partial charge in [0.25, 0.3) is 0 Å². The number of halogens is 3. The molecule has 19 heavy (non-hydrogen) atoms. The number of thioether (sulfide) groups is 1. The largest absolute Gasteiger partial charge is 0.416 e. The molecular formula is C13H10F3NOS. The number of carbonyl (C=O) groups excluding carboxylic acids is 1. The van der Waals surface area contributed by atoms with Crippen LogP contribution in [0.25, 0.3) is 5.57 Å². The normalized spacial score (nSPS) is 19.9. The zero-order valence-electron chi connectivity index (χ0n) is 9.70. The molecule has 2 N–H and O–H groups in total. The molecule has 1 aromatic rings. The molecule has 0 aromatic heterocycles. The number of rotatable bonds is 2. The van der Waals surface area contributed by atoms with Crippen molar-refractivity contribution in [3.8, 4) is 0 Å². The van der Waals surface area contributed by atoms with E-state index in [0.717, 1.165) is 23.9 Å². The van der Waals surface area contributed by atoms with E-state index in [1.807, 2.05) is 0 Å². The average molecular weight is 285 g/mol. The molecule has 0 spiro atoms. The maximum absolute atomic E-state index is 12.6. The summed E-state index contributed by atoms with van der Waals surface area (Å²) >= 11 is 1.10. The maximum Gasteiger partial charge on any atom is 0.416 e. The van der Waals surface area contributed by atoms with Crippen molar-refractivity contribution in [1.82, 2.24) is 0 Å². The summed E-state index contributed by atoms with van der Waals surface area (Å²) in [4.78, 5) is 12.0. The first-order chi connectivity index (χ1) is 8.84. The monoisotopic (exact) mass is 285 g/mol. The van der Waals surface area contributed by atoms with Gasteiger partial charge in [0.1, 0.15) is 0 Å². The summed E-state index contributed by atoms with van der Waals surface area (Å²) in [7, 11) is 0. The Bertz CT molecular complexity index is 577. The van der Waals surface area contributed by atoms with E-state index in [1.54, 1.807) is 0 Å². The molecule has 2 nitrogen and oxygen atoms in total. The lowest BCUT2D eigenvalue weighted by Crippen LogP contribution is -2.11. The van der Waals surface area contributed by atoms with Gasteiger partial charge in [-0.05, 0) is 17.7 Å². The van der Waals surface area contributed by atoms with Crippen LogP contribution in [0.3, 0.4) is 0 Å². The van der Waals surface area contributed by atoms with Crippen LogP contribution in [0.1, 0.15) is 11.1 Å². The van der Waals surface area contributed by atoms with Gasteiger partial charge in [0, 0.05) is 0 Å². The van der Waals surface area contributed by atoms with E-state index in [1.165, 1.54) is 18.2 Å². The molecule has 0 radical (unpaired) electrons. The Balaban J connectivity index is 2.46. The lowest BCUT2D eigenvalue weighted by molar-refractivity contribution is -0.137. The van der Waals surface area contributed by atoms with Gasteiger partial charge in [-0.3, -0.25) is 4.79 Å². The molecule has 0 aliphatic carbocycles. The molecule has 1 atom stereocenters. The minimum Gasteiger partial charge on any atom is -0.393 e. The van der Waals surface area contributed by atoms with E-state index in [2.05, 4.69) is 6.58 Å². The number of benzene rings is 1. The Morgan fingerprint density at radius 1 is 1.37 bits per heavy atom. The van der Waals surface area contributed by atoms with Crippen molar-refractivity contribution < 1.29 is 18.0 Å². The highest BCUT2D eigenvalue weighted by molar-refractivity contribution is 8.05. The van der Waals surface area contributed by atoms with E-state index in [4.69, 9.17) is 5.73 Å². The summed E-state index contributed by atoms with van der Waals surface area (Å²) in [5, 5.41) is -0.293. The van der Waals surface area contributed by atoms with Crippen LogP contribution in [0.15, 0.2) is 41.9 Å². The highest BCUT2D eigenvalue weighted by Crippen LogP contribution is 2.39. The molecule has 1 aromatic carbocycles. The van der Waals surface area contributed by atoms with Gasteiger partial charge in [-0.2, -0.15) is 13.2 Å². The van der Waals surface area contributed by atoms with Crippen LogP contribution in [-0.2, 0) is 11.0 Å². The standard InChI is InChI=1S/C13H10F3NOS/c1-2-9-11(18)10(12(17)19-9)7-4-3-5-8(6-7)13(14,15)16/h2-6,9H,1,17H2. The summed E-state index contributed by atoms with van der Waals surface area (Å²) < 4.78 is 37.9. The van der Waals surface area contributed by atoms with E-state index >= 15 is 0 Å². The van der Waals surface area contributed by atoms with Crippen LogP contribution in [-0.4, -0.2) is 11.0 Å². The summed E-state index contributed by atoms with van der Waals surface area (Å²) in [5.74, 6) is -0.308. The first-order valence-corrected chi connectivity index (χ1v) is 6.23. The molecule has 0 saturated carbocycles. The van der Waals surface area contributed by atoms with Crippen molar-refractivity contribution in [2.75, 3.05) is 0 Å². The third kappa shape index (κ3) is 2.53. The third-order valence-electron chi connectivity index (χ3n) is 2.70. The highest BCUT2D eigenvalue weighted by atomic mass is 32.2. The molecule has 2 rings (SSSR count). The number of carbonyl (C=O) groups is 1. The summed E-state index contributed by atoms with van der Waals surface area (Å²) in [6.07, 6.45) is -3.02. The Kier molecular flexibility index (Phi) is 3.45. The van der Waals surface area contributed by atoms with Gasteiger partial charge in [-0.15, -0.1) is 6.58 Å². The molecule has 0 saturated heterocycles. The van der Waals surface area contributed by atoms with Crippen LogP contribution in [0.5, 0.6) is 0 Å². The molecule has 0 amide bonds. The van der Waals surface area contributed by atoms with Crippen LogP contribution in [0.2, 0.25) is 0 Å². The molecule has 6 heteroatoms. The van der Waals surface area contributed by atoms with Crippen molar-refractivity contribution in [3.63, 3.8) is 0 Å². The Hall–Kier alpha value is -1.69. The van der Waals surface area contributed by atoms with Crippen molar-refractivity contribution in [1.29, 1.82) is 0 Å². The van der Waals surface area contributed by atoms with Crippen LogP contribution >= 0.6 is 11.8 Å². The zero-order chi connectivity index (χ0) is 14.2. The number of hydrogen-bond donors (Lipinski definition) is 1. The predicted molar refractivity (Wildman–Crippen MR) is 69.1 cm³/mol. The first-order valence-electron chi connectivity index (χ1n) is 5.35. The molecule has 1 heterocycles. The predicted octanol–water partition coefficient (Wildman–Crippen LogP) is 3.20. The van der Waals surface area contributed by atoms with E-state index < -0.39 is 17.0 Å². The van der Waals surface area contributed by atoms with Gasteiger partial charge in [0.2, 0.25) is 0 Å². The lowest BCUT2D eigenvalue weighted by atomic mass is 9.99. The van der Waals surface area contributed by atoms with E-state index in [9.17, 15) is 18.0 Å². The second-order valence-electron chi connectivity index (χ2n) is 3.96. The van der Waals surface area contributed by atoms with Gasteiger partial charge < -0.3 is 5.73 Å². The Morgan fingerprint density at radius 3 is 2.58 bits per heavy atom. The topological polar surface area (TPSA) is 43.1 Å². The maximum atomic E-state index is 12.6. The molecule has 1 unspecified atom stereocenters. The zero-order valence-corrected chi connectivity index (χ0v) is 10.5. The van der Waals surface area contributed by atoms with Crippen molar-refractivity contribution in [2.45, 2.75) is 11.4 Å². The third-order valence-corrected chi connectivity index (χ3v) is 3.82. The summed E-state index contributed by atoms with van der Waals surface area (Å²) in [6, 6.07) is 4.60. The van der Waals surface area contributed by atoms with Gasteiger partial charge in [-0.25, -0.2) is 0 Å². The number of nitrogens with two attached hydrogens (primary N) is 1. The number of alkyl halides is 3. The first kappa shape index (κ1) is 13.7.